The first-order chi connectivity index (χ1) is 7.72. The van der Waals surface area contributed by atoms with Gasteiger partial charge in [0.2, 0.25) is 0 Å². The number of nitro groups is 1. The Morgan fingerprint density at radius 2 is 2.12 bits per heavy atom. The Morgan fingerprint density at radius 3 is 2.59 bits per heavy atom. The maximum atomic E-state index is 10.7. The fraction of sp³-hybridized carbons (Fsp3) is 0.300. The van der Waals surface area contributed by atoms with Crippen molar-refractivity contribution in [2.24, 2.45) is 0 Å². The average Bonchev–Trinajstić information content (AvgIpc) is 2.14. The summed E-state index contributed by atoms with van der Waals surface area (Å²) >= 11 is 5.88. The van der Waals surface area contributed by atoms with E-state index in [0.29, 0.717) is 0 Å². The number of hydrogen-bond acceptors (Lipinski definition) is 4. The number of aromatic nitrogens is 1. The molecular formula is C10H12ClN3O2S. The van der Waals surface area contributed by atoms with Crippen LogP contribution in [0.25, 0.3) is 0 Å². The number of nitrogens with zero attached hydrogens (tertiary/aromatic N) is 2. The zero-order chi connectivity index (χ0) is 13.2. The molecule has 5 nitrogen and oxygen atoms in total. The van der Waals surface area contributed by atoms with Gasteiger partial charge in [0, 0.05) is 0 Å². The van der Waals surface area contributed by atoms with Gasteiger partial charge >= 0.3 is 5.69 Å². The van der Waals surface area contributed by atoms with E-state index in [-0.39, 0.29) is 22.1 Å². The Hall–Kier alpha value is -1.45. The van der Waals surface area contributed by atoms with Crippen molar-refractivity contribution in [1.82, 2.24) is 4.98 Å². The largest absolute Gasteiger partial charge is 0.383 e. The standard InChI is InChI=1S/C10H12ClN3O2S/c1-17(2,3)5-4-7-9(11)8(14(15)16)6-13-10(7)12/h6H,1-3H3,(H2,12,13). The van der Waals surface area contributed by atoms with Crippen LogP contribution in [0.3, 0.4) is 0 Å². The molecule has 7 heteroatoms. The second-order valence-electron chi connectivity index (χ2n) is 4.04. The molecule has 92 valence electrons. The number of rotatable bonds is 1. The summed E-state index contributed by atoms with van der Waals surface area (Å²) in [5.41, 5.74) is 5.55. The lowest BCUT2D eigenvalue weighted by Crippen LogP contribution is -1.99. The van der Waals surface area contributed by atoms with E-state index in [2.05, 4.69) is 16.2 Å². The van der Waals surface area contributed by atoms with Crippen molar-refractivity contribution in [1.29, 1.82) is 0 Å². The smallest absolute Gasteiger partial charge is 0.307 e. The molecule has 0 fully saturated rings. The van der Waals surface area contributed by atoms with E-state index < -0.39 is 15.0 Å². The van der Waals surface area contributed by atoms with E-state index in [4.69, 9.17) is 17.3 Å². The van der Waals surface area contributed by atoms with Crippen molar-refractivity contribution in [2.75, 3.05) is 24.5 Å². The third-order valence-electron chi connectivity index (χ3n) is 1.71. The van der Waals surface area contributed by atoms with Gasteiger partial charge in [-0.05, 0) is 24.0 Å². The van der Waals surface area contributed by atoms with Crippen molar-refractivity contribution < 1.29 is 4.92 Å². The van der Waals surface area contributed by atoms with E-state index in [9.17, 15) is 10.1 Å². The van der Waals surface area contributed by atoms with Gasteiger partial charge in [0.25, 0.3) is 0 Å². The summed E-state index contributed by atoms with van der Waals surface area (Å²) in [6.07, 6.45) is 7.02. The number of anilines is 1. The molecule has 0 bridgehead atoms. The molecule has 0 saturated carbocycles. The molecule has 1 heterocycles. The van der Waals surface area contributed by atoms with Gasteiger partial charge in [0.15, 0.2) is 0 Å². The SMILES string of the molecule is CS(C)(C)C#Cc1c(N)ncc([N+](=O)[O-])c1Cl. The fourth-order valence-electron chi connectivity index (χ4n) is 0.943. The van der Waals surface area contributed by atoms with Crippen molar-refractivity contribution in [3.05, 3.63) is 26.9 Å². The number of halogens is 1. The van der Waals surface area contributed by atoms with Gasteiger partial charge in [0.05, 0.1) is 10.5 Å². The molecule has 0 aliphatic carbocycles. The number of pyridine rings is 1. The van der Waals surface area contributed by atoms with Crippen LogP contribution >= 0.6 is 21.6 Å². The molecule has 0 spiro atoms. The Morgan fingerprint density at radius 1 is 1.53 bits per heavy atom. The lowest BCUT2D eigenvalue weighted by atomic mass is 10.2. The van der Waals surface area contributed by atoms with Gasteiger partial charge in [-0.1, -0.05) is 17.5 Å². The summed E-state index contributed by atoms with van der Waals surface area (Å²) in [5.74, 6) is 2.89. The van der Waals surface area contributed by atoms with E-state index in [0.717, 1.165) is 6.20 Å². The molecule has 0 aliphatic heterocycles. The minimum absolute atomic E-state index is 0.0568. The minimum Gasteiger partial charge on any atom is -0.383 e. The molecule has 1 aromatic heterocycles. The van der Waals surface area contributed by atoms with Crippen LogP contribution in [0.15, 0.2) is 6.20 Å². The summed E-state index contributed by atoms with van der Waals surface area (Å²) in [7, 11) is -1.06. The van der Waals surface area contributed by atoms with Crippen LogP contribution in [0.5, 0.6) is 0 Å². The molecule has 0 amide bonds. The Balaban J connectivity index is 3.37. The fourth-order valence-corrected chi connectivity index (χ4v) is 1.61. The van der Waals surface area contributed by atoms with Gasteiger partial charge in [-0.3, -0.25) is 10.1 Å². The first kappa shape index (κ1) is 13.6. The van der Waals surface area contributed by atoms with Gasteiger partial charge < -0.3 is 5.73 Å². The van der Waals surface area contributed by atoms with Crippen LogP contribution in [0.4, 0.5) is 11.5 Å². The molecule has 1 rings (SSSR count). The second-order valence-corrected chi connectivity index (χ2v) is 8.30. The van der Waals surface area contributed by atoms with Crippen LogP contribution in [0.2, 0.25) is 5.02 Å². The van der Waals surface area contributed by atoms with Crippen molar-refractivity contribution in [3.63, 3.8) is 0 Å². The lowest BCUT2D eigenvalue weighted by Gasteiger charge is -2.15. The van der Waals surface area contributed by atoms with Gasteiger partial charge in [-0.15, -0.1) is 0 Å². The average molecular weight is 274 g/mol. The predicted molar refractivity (Wildman–Crippen MR) is 72.6 cm³/mol. The van der Waals surface area contributed by atoms with Crippen LogP contribution in [0, 0.1) is 21.3 Å². The van der Waals surface area contributed by atoms with Crippen molar-refractivity contribution in [2.45, 2.75) is 0 Å². The summed E-state index contributed by atoms with van der Waals surface area (Å²) < 4.78 is 0. The first-order valence-corrected chi connectivity index (χ1v) is 7.75. The molecule has 0 aliphatic rings. The minimum atomic E-state index is -1.06. The first-order valence-electron chi connectivity index (χ1n) is 4.52. The number of nitrogen functional groups attached to an aromatic ring is 1. The summed E-state index contributed by atoms with van der Waals surface area (Å²) in [6, 6.07) is 0. The highest BCUT2D eigenvalue weighted by molar-refractivity contribution is 8.35. The van der Waals surface area contributed by atoms with Crippen LogP contribution in [-0.2, 0) is 0 Å². The Kier molecular flexibility index (Phi) is 3.86. The number of nitrogens with two attached hydrogens (primary N) is 1. The zero-order valence-corrected chi connectivity index (χ0v) is 11.2. The Labute approximate surface area is 106 Å². The topological polar surface area (TPSA) is 82.0 Å². The maximum Gasteiger partial charge on any atom is 0.307 e. The molecule has 2 N–H and O–H groups in total. The molecule has 0 unspecified atom stereocenters. The van der Waals surface area contributed by atoms with E-state index in [1.54, 1.807) is 0 Å². The molecular weight excluding hydrogens is 262 g/mol. The highest BCUT2D eigenvalue weighted by Crippen LogP contribution is 2.34. The highest BCUT2D eigenvalue weighted by Gasteiger charge is 2.18. The van der Waals surface area contributed by atoms with E-state index in [1.165, 1.54) is 0 Å². The lowest BCUT2D eigenvalue weighted by molar-refractivity contribution is -0.385. The molecule has 0 saturated heterocycles. The van der Waals surface area contributed by atoms with Gasteiger partial charge in [-0.25, -0.2) is 4.98 Å². The predicted octanol–water partition coefficient (Wildman–Crippen LogP) is 2.23. The van der Waals surface area contributed by atoms with Crippen molar-refractivity contribution >= 4 is 33.1 Å². The molecule has 0 atom stereocenters. The maximum absolute atomic E-state index is 10.7. The third-order valence-corrected chi connectivity index (χ3v) is 2.80. The van der Waals surface area contributed by atoms with Gasteiger partial charge in [0.1, 0.15) is 17.0 Å². The van der Waals surface area contributed by atoms with Crippen LogP contribution in [0.1, 0.15) is 5.56 Å². The molecule has 1 aromatic rings. The molecule has 0 radical (unpaired) electrons. The normalized spacial score (nSPS) is 11.5. The van der Waals surface area contributed by atoms with E-state index in [1.807, 2.05) is 18.8 Å². The molecule has 0 aromatic carbocycles. The van der Waals surface area contributed by atoms with E-state index >= 15 is 0 Å². The summed E-state index contributed by atoms with van der Waals surface area (Å²) in [4.78, 5) is 13.8. The van der Waals surface area contributed by atoms with Gasteiger partial charge in [-0.2, -0.15) is 10.0 Å². The number of hydrogen-bond donors (Lipinski definition) is 1. The summed E-state index contributed by atoms with van der Waals surface area (Å²) in [5, 5.41) is 13.6. The molecule has 17 heavy (non-hydrogen) atoms. The monoisotopic (exact) mass is 273 g/mol. The summed E-state index contributed by atoms with van der Waals surface area (Å²) in [6.45, 7) is 0. The van der Waals surface area contributed by atoms with Crippen LogP contribution < -0.4 is 5.73 Å². The Bertz CT molecular complexity index is 529. The third kappa shape index (κ3) is 3.51. The van der Waals surface area contributed by atoms with Crippen molar-refractivity contribution in [3.8, 4) is 11.2 Å². The highest BCUT2D eigenvalue weighted by atomic mass is 35.5. The quantitative estimate of drug-likeness (QED) is 0.483. The second kappa shape index (κ2) is 4.82. The zero-order valence-electron chi connectivity index (χ0n) is 9.65. The van der Waals surface area contributed by atoms with Crippen LogP contribution in [-0.4, -0.2) is 28.7 Å².